The predicted molar refractivity (Wildman–Crippen MR) is 213 cm³/mol. The Morgan fingerprint density at radius 3 is 2.31 bits per heavy atom. The van der Waals surface area contributed by atoms with Crippen molar-refractivity contribution in [3.63, 3.8) is 0 Å². The third-order valence-corrected chi connectivity index (χ3v) is 12.2. The average molecular weight is 741 g/mol. The number of methoxy groups -OCH3 is 1. The van der Waals surface area contributed by atoms with E-state index in [1.54, 1.807) is 13.2 Å². The molecule has 1 saturated heterocycles. The number of hydrogen-bond acceptors (Lipinski definition) is 6. The Labute approximate surface area is 315 Å². The summed E-state index contributed by atoms with van der Waals surface area (Å²) in [7, 11) is -1.62. The van der Waals surface area contributed by atoms with Crippen LogP contribution in [-0.2, 0) is 25.9 Å². The van der Waals surface area contributed by atoms with E-state index in [2.05, 4.69) is 37.9 Å². The molecule has 1 heterocycles. The van der Waals surface area contributed by atoms with Crippen molar-refractivity contribution < 1.29 is 27.9 Å². The minimum atomic E-state index is -3.38. The fraction of sp³-hybridized carbons (Fsp3) is 0.674. The molecule has 1 saturated carbocycles. The number of aryl methyl sites for hydroxylation is 1. The monoisotopic (exact) mass is 740 g/mol. The lowest BCUT2D eigenvalue weighted by molar-refractivity contribution is -0.139. The molecule has 1 aliphatic heterocycles. The molecule has 1 aliphatic carbocycles. The number of hydrogen-bond donors (Lipinski definition) is 2. The molecule has 2 N–H and O–H groups in total. The van der Waals surface area contributed by atoms with E-state index in [-0.39, 0.29) is 12.2 Å². The minimum absolute atomic E-state index is 0.199. The number of rotatable bonds is 18. The van der Waals surface area contributed by atoms with Gasteiger partial charge in [0.1, 0.15) is 15.9 Å². The molecule has 292 valence electrons. The number of carboxylic acid groups (broad SMARTS) is 1. The standard InChI is InChI=1S/C33H46N2O6S.C10H22/c1-23-9-7-8-12-28(23)30-19-25(13-14-29(30)32(36)34-31(33(37)38)15-16-42(3,39)40)20-35-21-26(18-27(35)22-41-2)17-24-10-5-4-6-11-24;1-5-7-10(4)8-9(3)6-2/h7-9,12-14,19,24,26-27,31H,4-6,10-11,15-18,20-22H2,1-3H3,(H,34,36)(H,37,38);9-10H,5-8H2,1-4H3. The van der Waals surface area contributed by atoms with Crippen molar-refractivity contribution in [2.24, 2.45) is 23.7 Å². The predicted octanol–water partition coefficient (Wildman–Crippen LogP) is 8.95. The van der Waals surface area contributed by atoms with E-state index in [1.807, 2.05) is 43.3 Å². The summed E-state index contributed by atoms with van der Waals surface area (Å²) in [5.41, 5.74) is 4.08. The van der Waals surface area contributed by atoms with E-state index < -0.39 is 27.8 Å². The maximum absolute atomic E-state index is 13.5. The molecule has 0 aromatic heterocycles. The Morgan fingerprint density at radius 2 is 1.69 bits per heavy atom. The second-order valence-electron chi connectivity index (χ2n) is 16.0. The number of amides is 1. The molecular formula is C43H68N2O6S. The van der Waals surface area contributed by atoms with Crippen LogP contribution in [0.2, 0.25) is 0 Å². The third-order valence-electron chi connectivity index (χ3n) is 11.2. The number of likely N-dealkylation sites (tertiary alicyclic amines) is 1. The topological polar surface area (TPSA) is 113 Å². The first-order valence-corrected chi connectivity index (χ1v) is 21.9. The number of ether oxygens (including phenoxy) is 1. The largest absolute Gasteiger partial charge is 0.480 e. The van der Waals surface area contributed by atoms with Gasteiger partial charge in [-0.3, -0.25) is 9.69 Å². The Balaban J connectivity index is 0.000000636. The van der Waals surface area contributed by atoms with Crippen molar-refractivity contribution in [2.75, 3.05) is 32.3 Å². The van der Waals surface area contributed by atoms with Crippen molar-refractivity contribution in [1.82, 2.24) is 10.2 Å². The summed E-state index contributed by atoms with van der Waals surface area (Å²) >= 11 is 0. The van der Waals surface area contributed by atoms with Gasteiger partial charge in [0.25, 0.3) is 5.91 Å². The molecule has 8 nitrogen and oxygen atoms in total. The molecule has 0 bridgehead atoms. The molecule has 4 rings (SSSR count). The number of nitrogens with zero attached hydrogens (tertiary/aromatic N) is 1. The van der Waals surface area contributed by atoms with Crippen molar-refractivity contribution in [1.29, 1.82) is 0 Å². The van der Waals surface area contributed by atoms with Gasteiger partial charge in [-0.25, -0.2) is 13.2 Å². The normalized spacial score (nSPS) is 20.1. The quantitative estimate of drug-likeness (QED) is 0.157. The number of carboxylic acids is 1. The van der Waals surface area contributed by atoms with Crippen LogP contribution in [0.4, 0.5) is 0 Å². The first-order chi connectivity index (χ1) is 24.7. The molecule has 2 aliphatic rings. The Kier molecular flexibility index (Phi) is 18.3. The van der Waals surface area contributed by atoms with Crippen LogP contribution in [-0.4, -0.2) is 74.7 Å². The number of benzene rings is 2. The zero-order valence-electron chi connectivity index (χ0n) is 33.2. The zero-order valence-corrected chi connectivity index (χ0v) is 34.0. The van der Waals surface area contributed by atoms with Gasteiger partial charge < -0.3 is 15.2 Å². The fourth-order valence-corrected chi connectivity index (χ4v) is 8.89. The summed E-state index contributed by atoms with van der Waals surface area (Å²) in [5.74, 6) is 1.25. The van der Waals surface area contributed by atoms with Gasteiger partial charge in [0.05, 0.1) is 12.4 Å². The number of aliphatic carboxylic acids is 1. The average Bonchev–Trinajstić information content (AvgIpc) is 3.46. The molecule has 1 amide bonds. The van der Waals surface area contributed by atoms with Gasteiger partial charge >= 0.3 is 5.97 Å². The Bertz CT molecular complexity index is 1500. The lowest BCUT2D eigenvalue weighted by Crippen LogP contribution is -2.42. The van der Waals surface area contributed by atoms with E-state index in [4.69, 9.17) is 4.74 Å². The maximum atomic E-state index is 13.5. The molecule has 0 spiro atoms. The second kappa shape index (κ2) is 21.8. The summed E-state index contributed by atoms with van der Waals surface area (Å²) < 4.78 is 28.9. The second-order valence-corrected chi connectivity index (χ2v) is 18.3. The number of carbonyl (C=O) groups is 2. The van der Waals surface area contributed by atoms with Gasteiger partial charge in [0.15, 0.2) is 0 Å². The minimum Gasteiger partial charge on any atom is -0.480 e. The smallest absolute Gasteiger partial charge is 0.326 e. The van der Waals surface area contributed by atoms with Gasteiger partial charge in [0, 0.05) is 38.1 Å². The van der Waals surface area contributed by atoms with Crippen LogP contribution >= 0.6 is 0 Å². The summed E-state index contributed by atoms with van der Waals surface area (Å²) in [5, 5.41) is 12.2. The Morgan fingerprint density at radius 1 is 0.981 bits per heavy atom. The highest BCUT2D eigenvalue weighted by atomic mass is 32.2. The van der Waals surface area contributed by atoms with Crippen LogP contribution in [0.15, 0.2) is 42.5 Å². The lowest BCUT2D eigenvalue weighted by atomic mass is 9.82. The van der Waals surface area contributed by atoms with Gasteiger partial charge in [-0.15, -0.1) is 0 Å². The van der Waals surface area contributed by atoms with E-state index in [1.165, 1.54) is 64.2 Å². The third kappa shape index (κ3) is 14.6. The van der Waals surface area contributed by atoms with Crippen molar-refractivity contribution >= 4 is 21.7 Å². The zero-order chi connectivity index (χ0) is 38.3. The molecule has 5 unspecified atom stereocenters. The van der Waals surface area contributed by atoms with Gasteiger partial charge in [-0.05, 0) is 90.7 Å². The van der Waals surface area contributed by atoms with Crippen LogP contribution in [0.25, 0.3) is 11.1 Å². The van der Waals surface area contributed by atoms with Crippen LogP contribution in [0, 0.1) is 30.6 Å². The lowest BCUT2D eigenvalue weighted by Gasteiger charge is -2.25. The SMILES string of the molecule is CCCC(C)CC(C)CC.COCC1CC(CC2CCCCC2)CN1Cc1ccc(C(=O)NC(CCS(C)(=O)=O)C(=O)O)c(-c2ccccc2C)c1. The van der Waals surface area contributed by atoms with Crippen LogP contribution in [0.3, 0.4) is 0 Å². The van der Waals surface area contributed by atoms with E-state index in [9.17, 15) is 23.1 Å². The van der Waals surface area contributed by atoms with Crippen molar-refractivity contribution in [3.05, 3.63) is 59.2 Å². The first-order valence-electron chi connectivity index (χ1n) is 19.9. The highest BCUT2D eigenvalue weighted by molar-refractivity contribution is 7.90. The van der Waals surface area contributed by atoms with E-state index in [0.717, 1.165) is 65.8 Å². The molecule has 2 aromatic rings. The molecule has 52 heavy (non-hydrogen) atoms. The van der Waals surface area contributed by atoms with E-state index in [0.29, 0.717) is 24.1 Å². The van der Waals surface area contributed by atoms with Crippen LogP contribution in [0.5, 0.6) is 0 Å². The number of nitrogens with one attached hydrogen (secondary N) is 1. The first kappa shape index (κ1) is 43.7. The molecule has 2 aromatic carbocycles. The van der Waals surface area contributed by atoms with E-state index >= 15 is 0 Å². The van der Waals surface area contributed by atoms with Gasteiger partial charge in [-0.1, -0.05) is 109 Å². The van der Waals surface area contributed by atoms with Gasteiger partial charge in [-0.2, -0.15) is 0 Å². The molecule has 5 atom stereocenters. The molecule has 0 radical (unpaired) electrons. The van der Waals surface area contributed by atoms with Crippen LogP contribution in [0.1, 0.15) is 126 Å². The van der Waals surface area contributed by atoms with Crippen molar-refractivity contribution in [2.45, 2.75) is 130 Å². The van der Waals surface area contributed by atoms with Crippen LogP contribution < -0.4 is 5.32 Å². The summed E-state index contributed by atoms with van der Waals surface area (Å²) in [6.07, 6.45) is 15.6. The Hall–Kier alpha value is -2.75. The summed E-state index contributed by atoms with van der Waals surface area (Å²) in [4.78, 5) is 27.8. The number of carbonyl (C=O) groups excluding carboxylic acids is 1. The highest BCUT2D eigenvalue weighted by Crippen LogP contribution is 2.36. The van der Waals surface area contributed by atoms with Gasteiger partial charge in [0.2, 0.25) is 0 Å². The molecular weight excluding hydrogens is 673 g/mol. The maximum Gasteiger partial charge on any atom is 0.326 e. The van der Waals surface area contributed by atoms with Crippen molar-refractivity contribution in [3.8, 4) is 11.1 Å². The summed E-state index contributed by atoms with van der Waals surface area (Å²) in [6, 6.07) is 12.6. The highest BCUT2D eigenvalue weighted by Gasteiger charge is 2.34. The molecule has 2 fully saturated rings. The summed E-state index contributed by atoms with van der Waals surface area (Å²) in [6.45, 7) is 13.7. The number of sulfone groups is 1. The molecule has 9 heteroatoms. The fourth-order valence-electron chi connectivity index (χ4n) is 8.22.